The number of benzene rings is 1. The Balaban J connectivity index is 1.31. The minimum atomic E-state index is -1.01. The fraction of sp³-hybridized carbons (Fsp3) is 0.633. The van der Waals surface area contributed by atoms with Crippen molar-refractivity contribution in [1.29, 1.82) is 5.26 Å². The maximum atomic E-state index is 14.0. The standard InChI is InChI=1S/C30H39N5O6/c1-29(2,3)24(34-25(36)16-10-11-40-15-16)28(39)35-14-18-22(30(18,4)5)23(35)27(38)32-17(13-31)12-21-26(37)33-19-8-6-7-9-20(19)41-21/h6-9,16-18,21-24H,10-12,14-15H2,1-5H3,(H,32,38)(H,33,37)(H,34,36)/t16-,17?,18+,21+,22+,23+,24?/m1/s1. The number of nitriles is 1. The van der Waals surface area contributed by atoms with Crippen molar-refractivity contribution in [2.75, 3.05) is 25.1 Å². The van der Waals surface area contributed by atoms with E-state index in [1.165, 1.54) is 0 Å². The summed E-state index contributed by atoms with van der Waals surface area (Å²) in [4.78, 5) is 55.0. The molecular weight excluding hydrogens is 526 g/mol. The van der Waals surface area contributed by atoms with Crippen LogP contribution in [-0.2, 0) is 23.9 Å². The third kappa shape index (κ3) is 5.49. The predicted octanol–water partition coefficient (Wildman–Crippen LogP) is 1.83. The van der Waals surface area contributed by atoms with Crippen molar-refractivity contribution in [1.82, 2.24) is 15.5 Å². The van der Waals surface area contributed by atoms with Crippen LogP contribution in [0.3, 0.4) is 0 Å². The van der Waals surface area contributed by atoms with Gasteiger partial charge in [-0.3, -0.25) is 19.2 Å². The number of carbonyl (C=O) groups is 4. The van der Waals surface area contributed by atoms with Crippen molar-refractivity contribution in [3.8, 4) is 11.8 Å². The van der Waals surface area contributed by atoms with E-state index in [0.29, 0.717) is 37.6 Å². The van der Waals surface area contributed by atoms with Gasteiger partial charge in [0.15, 0.2) is 6.10 Å². The molecule has 2 unspecified atom stereocenters. The summed E-state index contributed by atoms with van der Waals surface area (Å²) in [5.41, 5.74) is -0.194. The Labute approximate surface area is 240 Å². The maximum absolute atomic E-state index is 14.0. The summed E-state index contributed by atoms with van der Waals surface area (Å²) in [6.07, 6.45) is -0.403. The summed E-state index contributed by atoms with van der Waals surface area (Å²) in [6, 6.07) is 6.45. The van der Waals surface area contributed by atoms with E-state index < -0.39 is 41.5 Å². The van der Waals surface area contributed by atoms with Crippen LogP contribution >= 0.6 is 0 Å². The smallest absolute Gasteiger partial charge is 0.265 e. The number of fused-ring (bicyclic) bond motifs is 2. The SMILES string of the molecule is CC(C)(C)C(NC(=O)[C@@H]1CCOC1)C(=O)N1C[C@H]2[C@@H]([C@H]1C(=O)NC(C#N)C[C@@H]1Oc3ccccc3NC1=O)C2(C)C. The molecular formula is C30H39N5O6. The van der Waals surface area contributed by atoms with Crippen LogP contribution in [0.5, 0.6) is 5.75 Å². The lowest BCUT2D eigenvalue weighted by Crippen LogP contribution is -2.60. The number of amides is 4. The second-order valence-electron chi connectivity index (χ2n) is 13.3. The van der Waals surface area contributed by atoms with Crippen molar-refractivity contribution in [2.45, 2.75) is 71.7 Å². The fourth-order valence-corrected chi connectivity index (χ4v) is 6.49. The van der Waals surface area contributed by atoms with E-state index in [1.807, 2.05) is 20.8 Å². The predicted molar refractivity (Wildman–Crippen MR) is 148 cm³/mol. The van der Waals surface area contributed by atoms with Crippen LogP contribution in [0.1, 0.15) is 47.5 Å². The second kappa shape index (κ2) is 10.6. The molecule has 3 heterocycles. The average molecular weight is 566 g/mol. The molecule has 3 N–H and O–H groups in total. The zero-order valence-corrected chi connectivity index (χ0v) is 24.2. The van der Waals surface area contributed by atoms with Crippen LogP contribution in [0.4, 0.5) is 5.69 Å². The van der Waals surface area contributed by atoms with Crippen LogP contribution in [0, 0.1) is 39.9 Å². The van der Waals surface area contributed by atoms with Gasteiger partial charge in [-0.05, 0) is 41.2 Å². The lowest BCUT2D eigenvalue weighted by molar-refractivity contribution is -0.146. The number of piperidine rings is 1. The summed E-state index contributed by atoms with van der Waals surface area (Å²) in [5.74, 6) is -1.13. The van der Waals surface area contributed by atoms with Gasteiger partial charge in [-0.25, -0.2) is 0 Å². The first-order chi connectivity index (χ1) is 19.3. The number of ether oxygens (including phenoxy) is 2. The number of para-hydroxylation sites is 2. The van der Waals surface area contributed by atoms with Gasteiger partial charge >= 0.3 is 0 Å². The molecule has 41 heavy (non-hydrogen) atoms. The zero-order chi connectivity index (χ0) is 29.7. The van der Waals surface area contributed by atoms with Gasteiger partial charge in [-0.1, -0.05) is 46.8 Å². The molecule has 3 aliphatic heterocycles. The van der Waals surface area contributed by atoms with Gasteiger partial charge < -0.3 is 30.3 Å². The molecule has 220 valence electrons. The van der Waals surface area contributed by atoms with Crippen molar-refractivity contribution in [3.05, 3.63) is 24.3 Å². The topological polar surface area (TPSA) is 150 Å². The molecule has 11 nitrogen and oxygen atoms in total. The molecule has 4 aliphatic rings. The van der Waals surface area contributed by atoms with E-state index in [-0.39, 0.29) is 41.4 Å². The third-order valence-corrected chi connectivity index (χ3v) is 9.09. The van der Waals surface area contributed by atoms with Gasteiger partial charge in [0, 0.05) is 19.6 Å². The Morgan fingerprint density at radius 2 is 1.93 bits per heavy atom. The largest absolute Gasteiger partial charge is 0.478 e. The molecule has 0 bridgehead atoms. The normalized spacial score (nSPS) is 29.1. The Bertz CT molecular complexity index is 1280. The summed E-state index contributed by atoms with van der Waals surface area (Å²) < 4.78 is 11.2. The highest BCUT2D eigenvalue weighted by atomic mass is 16.5. The molecule has 1 aliphatic carbocycles. The van der Waals surface area contributed by atoms with Gasteiger partial charge in [0.1, 0.15) is 23.9 Å². The van der Waals surface area contributed by atoms with Crippen LogP contribution in [-0.4, -0.2) is 72.5 Å². The van der Waals surface area contributed by atoms with E-state index >= 15 is 0 Å². The first kappa shape index (κ1) is 28.9. The summed E-state index contributed by atoms with van der Waals surface area (Å²) in [6.45, 7) is 11.0. The van der Waals surface area contributed by atoms with Crippen molar-refractivity contribution < 1.29 is 28.7 Å². The molecule has 5 rings (SSSR count). The number of hydrogen-bond donors (Lipinski definition) is 3. The highest BCUT2D eigenvalue weighted by Gasteiger charge is 2.69. The van der Waals surface area contributed by atoms with E-state index in [4.69, 9.17) is 9.47 Å². The first-order valence-corrected chi connectivity index (χ1v) is 14.3. The third-order valence-electron chi connectivity index (χ3n) is 9.09. The molecule has 11 heteroatoms. The highest BCUT2D eigenvalue weighted by molar-refractivity contribution is 5.98. The Hall–Kier alpha value is -3.65. The van der Waals surface area contributed by atoms with Gasteiger partial charge in [-0.15, -0.1) is 0 Å². The first-order valence-electron chi connectivity index (χ1n) is 14.3. The molecule has 1 aromatic rings. The molecule has 1 saturated carbocycles. The lowest BCUT2D eigenvalue weighted by Gasteiger charge is -2.38. The zero-order valence-electron chi connectivity index (χ0n) is 24.2. The van der Waals surface area contributed by atoms with Crippen LogP contribution in [0.15, 0.2) is 24.3 Å². The minimum Gasteiger partial charge on any atom is -0.478 e. The van der Waals surface area contributed by atoms with Crippen LogP contribution in [0.2, 0.25) is 0 Å². The maximum Gasteiger partial charge on any atom is 0.265 e. The minimum absolute atomic E-state index is 0.0509. The molecule has 2 saturated heterocycles. The van der Waals surface area contributed by atoms with Gasteiger partial charge in [0.2, 0.25) is 17.7 Å². The summed E-state index contributed by atoms with van der Waals surface area (Å²) >= 11 is 0. The summed E-state index contributed by atoms with van der Waals surface area (Å²) in [7, 11) is 0. The number of hydrogen-bond acceptors (Lipinski definition) is 7. The molecule has 1 aromatic carbocycles. The lowest BCUT2D eigenvalue weighted by atomic mass is 9.84. The van der Waals surface area contributed by atoms with E-state index in [0.717, 1.165) is 0 Å². The van der Waals surface area contributed by atoms with Crippen LogP contribution < -0.4 is 20.7 Å². The Kier molecular flexibility index (Phi) is 7.49. The average Bonchev–Trinajstić information content (AvgIpc) is 3.36. The van der Waals surface area contributed by atoms with Gasteiger partial charge in [0.05, 0.1) is 24.3 Å². The number of carbonyl (C=O) groups excluding carboxylic acids is 4. The van der Waals surface area contributed by atoms with Gasteiger partial charge in [-0.2, -0.15) is 5.26 Å². The number of likely N-dealkylation sites (tertiary alicyclic amines) is 1. The number of anilines is 1. The number of nitrogens with one attached hydrogen (secondary N) is 3. The number of rotatable bonds is 7. The van der Waals surface area contributed by atoms with Crippen molar-refractivity contribution >= 4 is 29.3 Å². The molecule has 0 spiro atoms. The van der Waals surface area contributed by atoms with Crippen molar-refractivity contribution in [3.63, 3.8) is 0 Å². The van der Waals surface area contributed by atoms with E-state index in [2.05, 4.69) is 35.9 Å². The quantitative estimate of drug-likeness (QED) is 0.457. The molecule has 4 amide bonds. The fourth-order valence-electron chi connectivity index (χ4n) is 6.49. The highest BCUT2D eigenvalue weighted by Crippen LogP contribution is 2.65. The van der Waals surface area contributed by atoms with E-state index in [1.54, 1.807) is 29.2 Å². The molecule has 0 aromatic heterocycles. The van der Waals surface area contributed by atoms with Gasteiger partial charge in [0.25, 0.3) is 5.91 Å². The Morgan fingerprint density at radius 1 is 1.20 bits per heavy atom. The Morgan fingerprint density at radius 3 is 2.59 bits per heavy atom. The molecule has 3 fully saturated rings. The summed E-state index contributed by atoms with van der Waals surface area (Å²) in [5, 5.41) is 18.4. The molecule has 0 radical (unpaired) electrons. The molecule has 7 atom stereocenters. The van der Waals surface area contributed by atoms with Crippen LogP contribution in [0.25, 0.3) is 0 Å². The van der Waals surface area contributed by atoms with Crippen molar-refractivity contribution in [2.24, 2.45) is 28.6 Å². The second-order valence-corrected chi connectivity index (χ2v) is 13.3. The van der Waals surface area contributed by atoms with E-state index in [9.17, 15) is 24.4 Å². The monoisotopic (exact) mass is 565 g/mol. The number of nitrogens with zero attached hydrogens (tertiary/aromatic N) is 2.